The molecule has 0 atom stereocenters. The number of halogens is 2. The van der Waals surface area contributed by atoms with Crippen molar-refractivity contribution in [1.29, 1.82) is 0 Å². The van der Waals surface area contributed by atoms with Gasteiger partial charge in [0.05, 0.1) is 0 Å². The van der Waals surface area contributed by atoms with Gasteiger partial charge in [0.15, 0.2) is 5.69 Å². The summed E-state index contributed by atoms with van der Waals surface area (Å²) in [4.78, 5) is 12.7. The lowest BCUT2D eigenvalue weighted by atomic mass is 10.1. The van der Waals surface area contributed by atoms with Gasteiger partial charge in [0.25, 0.3) is 5.91 Å². The fourth-order valence-corrected chi connectivity index (χ4v) is 3.69. The van der Waals surface area contributed by atoms with E-state index in [4.69, 9.17) is 5.73 Å². The van der Waals surface area contributed by atoms with Gasteiger partial charge in [-0.15, -0.1) is 12.4 Å². The Bertz CT molecular complexity index is 1030. The standard InChI is InChI=1S/C22H23FN4O.ClH/c1-14-5-10-20(18(23)13-14)27-19-4-2-3-17(19)21(26-27)22(28)25-12-11-15-6-8-16(24)9-7-15;/h5-10,13H,2-4,11-12,24H2,1H3,(H,25,28);1H. The van der Waals surface area contributed by atoms with Gasteiger partial charge < -0.3 is 11.1 Å². The molecule has 2 aromatic carbocycles. The van der Waals surface area contributed by atoms with Crippen molar-refractivity contribution in [2.75, 3.05) is 12.3 Å². The number of nitrogens with zero attached hydrogens (tertiary/aromatic N) is 2. The maximum Gasteiger partial charge on any atom is 0.272 e. The molecule has 152 valence electrons. The van der Waals surface area contributed by atoms with E-state index in [0.717, 1.165) is 47.3 Å². The number of carbonyl (C=O) groups is 1. The molecule has 7 heteroatoms. The van der Waals surface area contributed by atoms with Crippen LogP contribution < -0.4 is 11.1 Å². The Morgan fingerprint density at radius 1 is 1.21 bits per heavy atom. The van der Waals surface area contributed by atoms with Crippen LogP contribution in [0.4, 0.5) is 10.1 Å². The summed E-state index contributed by atoms with van der Waals surface area (Å²) in [5, 5.41) is 7.42. The van der Waals surface area contributed by atoms with Gasteiger partial charge in [-0.25, -0.2) is 9.07 Å². The molecule has 3 N–H and O–H groups in total. The molecule has 0 radical (unpaired) electrons. The van der Waals surface area contributed by atoms with Crippen molar-refractivity contribution < 1.29 is 9.18 Å². The van der Waals surface area contributed by atoms with E-state index in [2.05, 4.69) is 10.4 Å². The first-order valence-corrected chi connectivity index (χ1v) is 9.53. The van der Waals surface area contributed by atoms with Crippen molar-refractivity contribution in [2.24, 2.45) is 0 Å². The third-order valence-corrected chi connectivity index (χ3v) is 5.16. The Kier molecular flexibility index (Phi) is 6.23. The minimum atomic E-state index is -0.326. The molecule has 0 fully saturated rings. The maximum atomic E-state index is 14.5. The Morgan fingerprint density at radius 3 is 2.69 bits per heavy atom. The highest BCUT2D eigenvalue weighted by molar-refractivity contribution is 5.94. The zero-order valence-corrected chi connectivity index (χ0v) is 17.1. The summed E-state index contributed by atoms with van der Waals surface area (Å²) in [5.41, 5.74) is 11.0. The Morgan fingerprint density at radius 2 is 1.97 bits per heavy atom. The SMILES string of the molecule is Cc1ccc(-n2nc(C(=O)NCCc3ccc(N)cc3)c3c2CCC3)c(F)c1.Cl. The highest BCUT2D eigenvalue weighted by atomic mass is 35.5. The number of benzene rings is 2. The van der Waals surface area contributed by atoms with Crippen molar-refractivity contribution >= 4 is 24.0 Å². The Hall–Kier alpha value is -2.86. The average molecular weight is 415 g/mol. The molecule has 1 aliphatic rings. The van der Waals surface area contributed by atoms with Crippen LogP contribution >= 0.6 is 12.4 Å². The van der Waals surface area contributed by atoms with Gasteiger partial charge in [-0.1, -0.05) is 18.2 Å². The lowest BCUT2D eigenvalue weighted by molar-refractivity contribution is 0.0948. The monoisotopic (exact) mass is 414 g/mol. The summed E-state index contributed by atoms with van der Waals surface area (Å²) in [5.74, 6) is -0.535. The fraction of sp³-hybridized carbons (Fsp3) is 0.273. The van der Waals surface area contributed by atoms with E-state index in [1.165, 1.54) is 6.07 Å². The van der Waals surface area contributed by atoms with Gasteiger partial charge in [0.1, 0.15) is 11.5 Å². The molecule has 0 saturated heterocycles. The summed E-state index contributed by atoms with van der Waals surface area (Å²) in [7, 11) is 0. The smallest absolute Gasteiger partial charge is 0.272 e. The van der Waals surface area contributed by atoms with Crippen LogP contribution in [-0.2, 0) is 19.3 Å². The molecule has 1 heterocycles. The molecule has 0 aliphatic heterocycles. The van der Waals surface area contributed by atoms with E-state index < -0.39 is 0 Å². The first kappa shape index (κ1) is 20.9. The third-order valence-electron chi connectivity index (χ3n) is 5.16. The number of hydrogen-bond donors (Lipinski definition) is 2. The van der Waals surface area contributed by atoms with Crippen molar-refractivity contribution in [1.82, 2.24) is 15.1 Å². The molecule has 4 rings (SSSR count). The molecule has 0 saturated carbocycles. The van der Waals surface area contributed by atoms with Crippen LogP contribution in [0.15, 0.2) is 42.5 Å². The van der Waals surface area contributed by atoms with E-state index in [-0.39, 0.29) is 24.1 Å². The number of rotatable bonds is 5. The fourth-order valence-electron chi connectivity index (χ4n) is 3.69. The lowest BCUT2D eigenvalue weighted by Gasteiger charge is -2.07. The van der Waals surface area contributed by atoms with Crippen molar-refractivity contribution in [3.05, 3.63) is 76.4 Å². The number of anilines is 1. The van der Waals surface area contributed by atoms with Gasteiger partial charge in [-0.05, 0) is 68.0 Å². The van der Waals surface area contributed by atoms with Crippen LogP contribution in [0.25, 0.3) is 5.69 Å². The minimum absolute atomic E-state index is 0. The quantitative estimate of drug-likeness (QED) is 0.624. The average Bonchev–Trinajstić information content (AvgIpc) is 3.26. The molecule has 29 heavy (non-hydrogen) atoms. The number of aryl methyl sites for hydroxylation is 1. The van der Waals surface area contributed by atoms with Gasteiger partial charge in [-0.3, -0.25) is 4.79 Å². The molecule has 3 aromatic rings. The number of fused-ring (bicyclic) bond motifs is 1. The number of aromatic nitrogens is 2. The van der Waals surface area contributed by atoms with Crippen LogP contribution in [0.1, 0.15) is 39.3 Å². The second-order valence-corrected chi connectivity index (χ2v) is 7.24. The molecule has 0 bridgehead atoms. The lowest BCUT2D eigenvalue weighted by Crippen LogP contribution is -2.27. The molecule has 1 aliphatic carbocycles. The van der Waals surface area contributed by atoms with Crippen LogP contribution in [0.2, 0.25) is 0 Å². The predicted octanol–water partition coefficient (Wildman–Crippen LogP) is 3.79. The summed E-state index contributed by atoms with van der Waals surface area (Å²) in [6.45, 7) is 2.35. The zero-order valence-electron chi connectivity index (χ0n) is 16.2. The topological polar surface area (TPSA) is 72.9 Å². The van der Waals surface area contributed by atoms with E-state index in [9.17, 15) is 9.18 Å². The highest BCUT2D eigenvalue weighted by Crippen LogP contribution is 2.29. The molecule has 0 spiro atoms. The summed E-state index contributed by atoms with van der Waals surface area (Å²) >= 11 is 0. The van der Waals surface area contributed by atoms with E-state index in [1.54, 1.807) is 10.7 Å². The minimum Gasteiger partial charge on any atom is -0.399 e. The predicted molar refractivity (Wildman–Crippen MR) is 114 cm³/mol. The molecule has 0 unspecified atom stereocenters. The molecule has 1 amide bonds. The first-order chi connectivity index (χ1) is 13.5. The maximum absolute atomic E-state index is 14.5. The number of nitrogen functional groups attached to an aromatic ring is 1. The van der Waals surface area contributed by atoms with Crippen molar-refractivity contribution in [3.8, 4) is 5.69 Å². The summed E-state index contributed by atoms with van der Waals surface area (Å²) in [6.07, 6.45) is 3.26. The summed E-state index contributed by atoms with van der Waals surface area (Å²) in [6, 6.07) is 12.7. The number of hydrogen-bond acceptors (Lipinski definition) is 3. The Balaban J connectivity index is 0.00000240. The van der Waals surface area contributed by atoms with E-state index in [0.29, 0.717) is 24.3 Å². The van der Waals surface area contributed by atoms with Gasteiger partial charge in [0.2, 0.25) is 0 Å². The third kappa shape index (κ3) is 4.27. The van der Waals surface area contributed by atoms with Crippen molar-refractivity contribution in [3.63, 3.8) is 0 Å². The molecular weight excluding hydrogens is 391 g/mol. The van der Waals surface area contributed by atoms with Gasteiger partial charge in [-0.2, -0.15) is 5.10 Å². The number of amides is 1. The molecule has 1 aromatic heterocycles. The number of carbonyl (C=O) groups excluding carboxylic acids is 1. The largest absolute Gasteiger partial charge is 0.399 e. The normalized spacial score (nSPS) is 12.3. The molecule has 5 nitrogen and oxygen atoms in total. The number of nitrogens with two attached hydrogens (primary N) is 1. The van der Waals surface area contributed by atoms with Crippen LogP contribution in [-0.4, -0.2) is 22.2 Å². The van der Waals surface area contributed by atoms with E-state index >= 15 is 0 Å². The van der Waals surface area contributed by atoms with Crippen molar-refractivity contribution in [2.45, 2.75) is 32.6 Å². The second kappa shape index (κ2) is 8.66. The van der Waals surface area contributed by atoms with Gasteiger partial charge >= 0.3 is 0 Å². The number of nitrogens with one attached hydrogen (secondary N) is 1. The van der Waals surface area contributed by atoms with E-state index in [1.807, 2.05) is 37.3 Å². The van der Waals surface area contributed by atoms with Crippen LogP contribution in [0.3, 0.4) is 0 Å². The summed E-state index contributed by atoms with van der Waals surface area (Å²) < 4.78 is 16.1. The first-order valence-electron chi connectivity index (χ1n) is 9.53. The van der Waals surface area contributed by atoms with Crippen LogP contribution in [0.5, 0.6) is 0 Å². The molecular formula is C22H24ClFN4O. The van der Waals surface area contributed by atoms with Gasteiger partial charge in [0, 0.05) is 23.5 Å². The zero-order chi connectivity index (χ0) is 19.7. The highest BCUT2D eigenvalue weighted by Gasteiger charge is 2.27. The second-order valence-electron chi connectivity index (χ2n) is 7.24. The van der Waals surface area contributed by atoms with Crippen LogP contribution in [0, 0.1) is 12.7 Å². The Labute approximate surface area is 175 Å².